The Balaban J connectivity index is 1.80. The van der Waals surface area contributed by atoms with E-state index in [1.54, 1.807) is 0 Å². The minimum Gasteiger partial charge on any atom is -0.314 e. The Kier molecular flexibility index (Phi) is 2.89. The molecule has 0 radical (unpaired) electrons. The van der Waals surface area contributed by atoms with Gasteiger partial charge in [-0.25, -0.2) is 0 Å². The van der Waals surface area contributed by atoms with E-state index in [1.807, 2.05) is 12.4 Å². The van der Waals surface area contributed by atoms with Crippen LogP contribution in [0.3, 0.4) is 0 Å². The van der Waals surface area contributed by atoms with Crippen molar-refractivity contribution >= 4 is 0 Å². The number of hydrogen-bond donors (Lipinski definition) is 1. The van der Waals surface area contributed by atoms with Gasteiger partial charge in [0, 0.05) is 44.6 Å². The van der Waals surface area contributed by atoms with Crippen molar-refractivity contribution in [2.75, 3.05) is 26.2 Å². The SMILES string of the molecule is c1cc([C@@H](C2CC2)N2CCNCC2)ccn1. The highest BCUT2D eigenvalue weighted by molar-refractivity contribution is 5.18. The molecule has 1 aromatic heterocycles. The van der Waals surface area contributed by atoms with E-state index in [-0.39, 0.29) is 0 Å². The van der Waals surface area contributed by atoms with Crippen molar-refractivity contribution in [2.24, 2.45) is 5.92 Å². The fourth-order valence-electron chi connectivity index (χ4n) is 2.71. The Bertz CT molecular complexity index is 328. The highest BCUT2D eigenvalue weighted by atomic mass is 15.2. The molecule has 2 aliphatic rings. The second-order valence-corrected chi connectivity index (χ2v) is 4.85. The van der Waals surface area contributed by atoms with Gasteiger partial charge in [-0.1, -0.05) is 0 Å². The van der Waals surface area contributed by atoms with Crippen molar-refractivity contribution in [3.63, 3.8) is 0 Å². The molecule has 0 bridgehead atoms. The van der Waals surface area contributed by atoms with Crippen LogP contribution in [-0.2, 0) is 0 Å². The van der Waals surface area contributed by atoms with Crippen molar-refractivity contribution in [1.82, 2.24) is 15.2 Å². The molecule has 2 fully saturated rings. The molecular weight excluding hydrogens is 198 g/mol. The predicted octanol–water partition coefficient (Wildman–Crippen LogP) is 1.44. The summed E-state index contributed by atoms with van der Waals surface area (Å²) in [6.45, 7) is 4.63. The van der Waals surface area contributed by atoms with Gasteiger partial charge in [0.2, 0.25) is 0 Å². The first kappa shape index (κ1) is 10.2. The van der Waals surface area contributed by atoms with Crippen LogP contribution in [-0.4, -0.2) is 36.1 Å². The molecule has 1 atom stereocenters. The molecule has 2 heterocycles. The molecule has 16 heavy (non-hydrogen) atoms. The lowest BCUT2D eigenvalue weighted by Gasteiger charge is -2.35. The number of aromatic nitrogens is 1. The quantitative estimate of drug-likeness (QED) is 0.830. The first-order valence-corrected chi connectivity index (χ1v) is 6.30. The molecule has 3 nitrogen and oxygen atoms in total. The van der Waals surface area contributed by atoms with Gasteiger partial charge in [-0.2, -0.15) is 0 Å². The average molecular weight is 217 g/mol. The second-order valence-electron chi connectivity index (χ2n) is 4.85. The largest absolute Gasteiger partial charge is 0.314 e. The Labute approximate surface area is 96.9 Å². The third kappa shape index (κ3) is 2.11. The minimum absolute atomic E-state index is 0.644. The average Bonchev–Trinajstić information content (AvgIpc) is 3.17. The summed E-state index contributed by atoms with van der Waals surface area (Å²) >= 11 is 0. The molecule has 0 spiro atoms. The van der Waals surface area contributed by atoms with Crippen molar-refractivity contribution in [2.45, 2.75) is 18.9 Å². The summed E-state index contributed by atoms with van der Waals surface area (Å²) in [4.78, 5) is 6.76. The maximum Gasteiger partial charge on any atom is 0.0378 e. The van der Waals surface area contributed by atoms with Crippen LogP contribution in [0.15, 0.2) is 24.5 Å². The molecule has 0 amide bonds. The fraction of sp³-hybridized carbons (Fsp3) is 0.615. The van der Waals surface area contributed by atoms with Crippen LogP contribution in [0.2, 0.25) is 0 Å². The number of rotatable bonds is 3. The minimum atomic E-state index is 0.644. The van der Waals surface area contributed by atoms with Crippen molar-refractivity contribution in [3.8, 4) is 0 Å². The number of piperazine rings is 1. The van der Waals surface area contributed by atoms with Crippen LogP contribution >= 0.6 is 0 Å². The Morgan fingerprint density at radius 1 is 1.19 bits per heavy atom. The summed E-state index contributed by atoms with van der Waals surface area (Å²) in [7, 11) is 0. The maximum atomic E-state index is 4.12. The topological polar surface area (TPSA) is 28.2 Å². The van der Waals surface area contributed by atoms with Gasteiger partial charge in [-0.3, -0.25) is 9.88 Å². The van der Waals surface area contributed by atoms with Gasteiger partial charge >= 0.3 is 0 Å². The number of nitrogens with one attached hydrogen (secondary N) is 1. The Morgan fingerprint density at radius 3 is 2.50 bits per heavy atom. The Morgan fingerprint density at radius 2 is 1.88 bits per heavy atom. The normalized spacial score (nSPS) is 24.2. The number of pyridine rings is 1. The molecule has 86 valence electrons. The number of hydrogen-bond acceptors (Lipinski definition) is 3. The molecule has 0 unspecified atom stereocenters. The van der Waals surface area contributed by atoms with Crippen LogP contribution in [0.4, 0.5) is 0 Å². The second kappa shape index (κ2) is 4.52. The highest BCUT2D eigenvalue weighted by Gasteiger charge is 2.36. The third-order valence-corrected chi connectivity index (χ3v) is 3.66. The van der Waals surface area contributed by atoms with E-state index < -0.39 is 0 Å². The molecule has 1 aromatic rings. The molecule has 3 rings (SSSR count). The number of nitrogens with zero attached hydrogens (tertiary/aromatic N) is 2. The third-order valence-electron chi connectivity index (χ3n) is 3.66. The van der Waals surface area contributed by atoms with Gasteiger partial charge in [-0.15, -0.1) is 0 Å². The summed E-state index contributed by atoms with van der Waals surface area (Å²) in [6.07, 6.45) is 6.65. The molecule has 0 aromatic carbocycles. The smallest absolute Gasteiger partial charge is 0.0378 e. The van der Waals surface area contributed by atoms with Crippen molar-refractivity contribution in [3.05, 3.63) is 30.1 Å². The van der Waals surface area contributed by atoms with E-state index >= 15 is 0 Å². The molecule has 3 heteroatoms. The Hall–Kier alpha value is -0.930. The first-order chi connectivity index (χ1) is 7.95. The van der Waals surface area contributed by atoms with Crippen molar-refractivity contribution in [1.29, 1.82) is 0 Å². The van der Waals surface area contributed by atoms with Gasteiger partial charge in [0.1, 0.15) is 0 Å². The summed E-state index contributed by atoms with van der Waals surface area (Å²) < 4.78 is 0. The zero-order valence-corrected chi connectivity index (χ0v) is 9.60. The molecule has 1 N–H and O–H groups in total. The summed E-state index contributed by atoms with van der Waals surface area (Å²) in [5.74, 6) is 0.889. The van der Waals surface area contributed by atoms with E-state index in [9.17, 15) is 0 Å². The molecule has 1 saturated heterocycles. The van der Waals surface area contributed by atoms with E-state index in [2.05, 4.69) is 27.3 Å². The van der Waals surface area contributed by atoms with Gasteiger partial charge < -0.3 is 5.32 Å². The van der Waals surface area contributed by atoms with Crippen molar-refractivity contribution < 1.29 is 0 Å². The van der Waals surface area contributed by atoms with Gasteiger partial charge in [0.15, 0.2) is 0 Å². The lowest BCUT2D eigenvalue weighted by Crippen LogP contribution is -2.45. The van der Waals surface area contributed by atoms with Crippen LogP contribution in [0.1, 0.15) is 24.4 Å². The van der Waals surface area contributed by atoms with E-state index in [1.165, 1.54) is 31.5 Å². The van der Waals surface area contributed by atoms with Crippen LogP contribution in [0.5, 0.6) is 0 Å². The first-order valence-electron chi connectivity index (χ1n) is 6.30. The summed E-state index contributed by atoms with van der Waals surface area (Å²) in [5.41, 5.74) is 1.46. The standard InChI is InChI=1S/C13H19N3/c1-2-11(1)13(12-3-5-14-6-4-12)16-9-7-15-8-10-16/h3-6,11,13,15H,1-2,7-10H2/t13-/m1/s1. The molecule has 1 aliphatic heterocycles. The van der Waals surface area contributed by atoms with E-state index in [0.717, 1.165) is 19.0 Å². The fourth-order valence-corrected chi connectivity index (χ4v) is 2.71. The molecular formula is C13H19N3. The maximum absolute atomic E-state index is 4.12. The van der Waals surface area contributed by atoms with E-state index in [0.29, 0.717) is 6.04 Å². The van der Waals surface area contributed by atoms with Crippen LogP contribution in [0.25, 0.3) is 0 Å². The zero-order valence-electron chi connectivity index (χ0n) is 9.60. The van der Waals surface area contributed by atoms with Gasteiger partial charge in [0.25, 0.3) is 0 Å². The molecule has 1 saturated carbocycles. The van der Waals surface area contributed by atoms with Crippen LogP contribution < -0.4 is 5.32 Å². The zero-order chi connectivity index (χ0) is 10.8. The highest BCUT2D eigenvalue weighted by Crippen LogP contribution is 2.44. The summed E-state index contributed by atoms with van der Waals surface area (Å²) in [6, 6.07) is 5.01. The summed E-state index contributed by atoms with van der Waals surface area (Å²) in [5, 5.41) is 3.43. The predicted molar refractivity (Wildman–Crippen MR) is 64.1 cm³/mol. The van der Waals surface area contributed by atoms with E-state index in [4.69, 9.17) is 0 Å². The van der Waals surface area contributed by atoms with Gasteiger partial charge in [-0.05, 0) is 36.5 Å². The lowest BCUT2D eigenvalue weighted by molar-refractivity contribution is 0.156. The van der Waals surface area contributed by atoms with Gasteiger partial charge in [0.05, 0.1) is 0 Å². The van der Waals surface area contributed by atoms with Crippen LogP contribution in [0, 0.1) is 5.92 Å². The monoisotopic (exact) mass is 217 g/mol. The lowest BCUT2D eigenvalue weighted by atomic mass is 10.0. The molecule has 1 aliphatic carbocycles.